The molecule has 3 nitrogen and oxygen atoms in total. The maximum atomic E-state index is 11.9. The Labute approximate surface area is 102 Å². The summed E-state index contributed by atoms with van der Waals surface area (Å²) in [6.45, 7) is 5.47. The van der Waals surface area contributed by atoms with Crippen LogP contribution in [0.3, 0.4) is 0 Å². The molecule has 0 spiro atoms. The lowest BCUT2D eigenvalue weighted by molar-refractivity contribution is -0.000208. The van der Waals surface area contributed by atoms with E-state index in [1.54, 1.807) is 0 Å². The first-order chi connectivity index (χ1) is 8.27. The van der Waals surface area contributed by atoms with Crippen molar-refractivity contribution in [3.63, 3.8) is 0 Å². The molecular weight excluding hydrogens is 214 g/mol. The highest BCUT2D eigenvalue weighted by Crippen LogP contribution is 2.09. The van der Waals surface area contributed by atoms with Gasteiger partial charge in [-0.15, -0.1) is 0 Å². The topological polar surface area (TPSA) is 29.5 Å². The average Bonchev–Trinajstić information content (AvgIpc) is 2.38. The standard InChI is InChI=1S/C14H19NO2/c1-12-11-17-10-9-15(12)8-7-14(16)13-5-3-2-4-6-13/h2-6,12H,7-11H2,1H3. The fourth-order valence-electron chi connectivity index (χ4n) is 2.11. The van der Waals surface area contributed by atoms with Gasteiger partial charge in [0.1, 0.15) is 0 Å². The second-order valence-corrected chi connectivity index (χ2v) is 4.50. The van der Waals surface area contributed by atoms with E-state index in [2.05, 4.69) is 11.8 Å². The van der Waals surface area contributed by atoms with Crippen LogP contribution in [0.25, 0.3) is 0 Å². The minimum Gasteiger partial charge on any atom is -0.379 e. The highest BCUT2D eigenvalue weighted by Gasteiger charge is 2.19. The number of nitrogens with zero attached hydrogens (tertiary/aromatic N) is 1. The van der Waals surface area contributed by atoms with Crippen LogP contribution in [-0.4, -0.2) is 43.0 Å². The predicted molar refractivity (Wildman–Crippen MR) is 67.2 cm³/mol. The monoisotopic (exact) mass is 233 g/mol. The Morgan fingerprint density at radius 2 is 2.18 bits per heavy atom. The van der Waals surface area contributed by atoms with Crippen molar-refractivity contribution >= 4 is 5.78 Å². The number of hydrogen-bond donors (Lipinski definition) is 0. The first kappa shape index (κ1) is 12.3. The van der Waals surface area contributed by atoms with Crippen LogP contribution in [0, 0.1) is 0 Å². The van der Waals surface area contributed by atoms with Crippen LogP contribution in [0.1, 0.15) is 23.7 Å². The zero-order valence-electron chi connectivity index (χ0n) is 10.3. The molecule has 92 valence electrons. The van der Waals surface area contributed by atoms with Gasteiger partial charge in [-0.25, -0.2) is 0 Å². The molecule has 1 unspecified atom stereocenters. The normalized spacial score (nSPS) is 21.4. The van der Waals surface area contributed by atoms with Gasteiger partial charge in [0.05, 0.1) is 13.2 Å². The van der Waals surface area contributed by atoms with E-state index in [0.717, 1.165) is 31.9 Å². The molecule has 1 aliphatic rings. The van der Waals surface area contributed by atoms with E-state index in [1.807, 2.05) is 30.3 Å². The lowest BCUT2D eigenvalue weighted by atomic mass is 10.1. The van der Waals surface area contributed by atoms with Crippen LogP contribution in [0.4, 0.5) is 0 Å². The second kappa shape index (κ2) is 5.94. The number of carbonyl (C=O) groups excluding carboxylic acids is 1. The Bertz CT molecular complexity index is 364. The van der Waals surface area contributed by atoms with E-state index in [4.69, 9.17) is 4.74 Å². The maximum Gasteiger partial charge on any atom is 0.164 e. The third-order valence-electron chi connectivity index (χ3n) is 3.23. The number of rotatable bonds is 4. The molecule has 0 amide bonds. The quantitative estimate of drug-likeness (QED) is 0.745. The Morgan fingerprint density at radius 3 is 2.88 bits per heavy atom. The van der Waals surface area contributed by atoms with Crippen molar-refractivity contribution in [2.24, 2.45) is 0 Å². The van der Waals surface area contributed by atoms with E-state index in [0.29, 0.717) is 12.5 Å². The van der Waals surface area contributed by atoms with E-state index in [9.17, 15) is 4.79 Å². The molecule has 2 rings (SSSR count). The van der Waals surface area contributed by atoms with Crippen LogP contribution in [0.5, 0.6) is 0 Å². The number of ether oxygens (including phenoxy) is 1. The van der Waals surface area contributed by atoms with Crippen molar-refractivity contribution < 1.29 is 9.53 Å². The van der Waals surface area contributed by atoms with E-state index in [-0.39, 0.29) is 5.78 Å². The average molecular weight is 233 g/mol. The van der Waals surface area contributed by atoms with E-state index < -0.39 is 0 Å². The summed E-state index contributed by atoms with van der Waals surface area (Å²) >= 11 is 0. The van der Waals surface area contributed by atoms with Crippen LogP contribution in [-0.2, 0) is 4.74 Å². The first-order valence-electron chi connectivity index (χ1n) is 6.17. The van der Waals surface area contributed by atoms with Gasteiger partial charge in [-0.3, -0.25) is 9.69 Å². The van der Waals surface area contributed by atoms with Gasteiger partial charge in [0.15, 0.2) is 5.78 Å². The molecule has 0 aromatic heterocycles. The molecule has 0 N–H and O–H groups in total. The summed E-state index contributed by atoms with van der Waals surface area (Å²) in [4.78, 5) is 14.3. The minimum atomic E-state index is 0.226. The molecule has 1 atom stereocenters. The van der Waals surface area contributed by atoms with Crippen LogP contribution in [0.2, 0.25) is 0 Å². The van der Waals surface area contributed by atoms with Gasteiger partial charge in [0, 0.05) is 31.1 Å². The summed E-state index contributed by atoms with van der Waals surface area (Å²) in [5.41, 5.74) is 0.813. The number of morpholine rings is 1. The molecule has 1 aromatic carbocycles. The van der Waals surface area contributed by atoms with Crippen molar-refractivity contribution in [1.29, 1.82) is 0 Å². The molecule has 0 saturated carbocycles. The van der Waals surface area contributed by atoms with Gasteiger partial charge >= 0.3 is 0 Å². The van der Waals surface area contributed by atoms with Crippen molar-refractivity contribution in [2.75, 3.05) is 26.3 Å². The Hall–Kier alpha value is -1.19. The molecule has 1 saturated heterocycles. The summed E-state index contributed by atoms with van der Waals surface area (Å²) in [6.07, 6.45) is 0.592. The zero-order chi connectivity index (χ0) is 12.1. The SMILES string of the molecule is CC1COCCN1CCC(=O)c1ccccc1. The van der Waals surface area contributed by atoms with E-state index in [1.165, 1.54) is 0 Å². The minimum absolute atomic E-state index is 0.226. The van der Waals surface area contributed by atoms with Crippen molar-refractivity contribution in [3.05, 3.63) is 35.9 Å². The van der Waals surface area contributed by atoms with Gasteiger partial charge in [0.2, 0.25) is 0 Å². The van der Waals surface area contributed by atoms with Crippen molar-refractivity contribution in [1.82, 2.24) is 4.90 Å². The highest BCUT2D eigenvalue weighted by molar-refractivity contribution is 5.96. The summed E-state index contributed by atoms with van der Waals surface area (Å²) in [5, 5.41) is 0. The fraction of sp³-hybridized carbons (Fsp3) is 0.500. The summed E-state index contributed by atoms with van der Waals surface area (Å²) in [6, 6.07) is 9.93. The van der Waals surface area contributed by atoms with Gasteiger partial charge in [0.25, 0.3) is 0 Å². The van der Waals surface area contributed by atoms with Crippen LogP contribution in [0.15, 0.2) is 30.3 Å². The van der Waals surface area contributed by atoms with Crippen LogP contribution < -0.4 is 0 Å². The molecule has 0 aliphatic carbocycles. The third-order valence-corrected chi connectivity index (χ3v) is 3.23. The van der Waals surface area contributed by atoms with Gasteiger partial charge in [-0.05, 0) is 6.92 Å². The van der Waals surface area contributed by atoms with E-state index >= 15 is 0 Å². The Balaban J connectivity index is 1.84. The lowest BCUT2D eigenvalue weighted by Gasteiger charge is -2.32. The Morgan fingerprint density at radius 1 is 1.41 bits per heavy atom. The molecule has 1 aromatic rings. The molecule has 1 aliphatic heterocycles. The highest BCUT2D eigenvalue weighted by atomic mass is 16.5. The van der Waals surface area contributed by atoms with Gasteiger partial charge in [-0.1, -0.05) is 30.3 Å². The largest absolute Gasteiger partial charge is 0.379 e. The van der Waals surface area contributed by atoms with Gasteiger partial charge in [-0.2, -0.15) is 0 Å². The smallest absolute Gasteiger partial charge is 0.164 e. The third kappa shape index (κ3) is 3.38. The molecule has 17 heavy (non-hydrogen) atoms. The molecule has 1 heterocycles. The summed E-state index contributed by atoms with van der Waals surface area (Å²) < 4.78 is 5.38. The zero-order valence-corrected chi connectivity index (χ0v) is 10.3. The first-order valence-corrected chi connectivity index (χ1v) is 6.17. The summed E-state index contributed by atoms with van der Waals surface area (Å²) in [7, 11) is 0. The molecule has 0 radical (unpaired) electrons. The Kier molecular flexibility index (Phi) is 4.29. The fourth-order valence-corrected chi connectivity index (χ4v) is 2.11. The molecule has 0 bridgehead atoms. The van der Waals surface area contributed by atoms with Crippen LogP contribution >= 0.6 is 0 Å². The number of hydrogen-bond acceptors (Lipinski definition) is 3. The molecular formula is C14H19NO2. The van der Waals surface area contributed by atoms with Crippen molar-refractivity contribution in [2.45, 2.75) is 19.4 Å². The maximum absolute atomic E-state index is 11.9. The second-order valence-electron chi connectivity index (χ2n) is 4.50. The van der Waals surface area contributed by atoms with Crippen molar-refractivity contribution in [3.8, 4) is 0 Å². The van der Waals surface area contributed by atoms with Gasteiger partial charge < -0.3 is 4.74 Å². The molecule has 1 fully saturated rings. The number of ketones is 1. The number of Topliss-reactive ketones (excluding diaryl/α,β-unsaturated/α-hetero) is 1. The predicted octanol–water partition coefficient (Wildman–Crippen LogP) is 1.98. The lowest BCUT2D eigenvalue weighted by Crippen LogP contribution is -2.44. The molecule has 3 heteroatoms. The summed E-state index contributed by atoms with van der Waals surface area (Å²) in [5.74, 6) is 0.226. The number of benzene rings is 1. The number of carbonyl (C=O) groups is 1.